The maximum absolute atomic E-state index is 12.6. The summed E-state index contributed by atoms with van der Waals surface area (Å²) in [7, 11) is 1.53. The van der Waals surface area contributed by atoms with Gasteiger partial charge in [0.1, 0.15) is 6.04 Å². The summed E-state index contributed by atoms with van der Waals surface area (Å²) in [6, 6.07) is -1.95. The Kier molecular flexibility index (Phi) is 7.08. The number of methoxy groups -OCH3 is 1. The standard InChI is InChI=1S/C12H22F3N3O2/c1-20-8-7-17-11(19)16-6-5-9-3-2-4-10(18-9)12(13,14)15/h9-10,18H,2-8H2,1H3,(H2,16,17,19). The molecule has 20 heavy (non-hydrogen) atoms. The molecule has 1 aliphatic heterocycles. The molecule has 0 aromatic rings. The van der Waals surface area contributed by atoms with Crippen molar-refractivity contribution in [2.45, 2.75) is 43.9 Å². The molecule has 2 unspecified atom stereocenters. The Morgan fingerprint density at radius 3 is 2.65 bits per heavy atom. The van der Waals surface area contributed by atoms with Crippen molar-refractivity contribution in [3.8, 4) is 0 Å². The highest BCUT2D eigenvalue weighted by atomic mass is 19.4. The fourth-order valence-corrected chi connectivity index (χ4v) is 2.19. The van der Waals surface area contributed by atoms with Crippen LogP contribution in [0.2, 0.25) is 0 Å². The number of nitrogens with one attached hydrogen (secondary N) is 3. The van der Waals surface area contributed by atoms with Crippen molar-refractivity contribution in [3.05, 3.63) is 0 Å². The summed E-state index contributed by atoms with van der Waals surface area (Å²) < 4.78 is 42.5. The highest BCUT2D eigenvalue weighted by Crippen LogP contribution is 2.28. The molecular weight excluding hydrogens is 275 g/mol. The fourth-order valence-electron chi connectivity index (χ4n) is 2.19. The van der Waals surface area contributed by atoms with E-state index in [1.807, 2.05) is 0 Å². The predicted molar refractivity (Wildman–Crippen MR) is 68.5 cm³/mol. The zero-order valence-electron chi connectivity index (χ0n) is 11.6. The number of hydrogen-bond donors (Lipinski definition) is 3. The molecule has 1 aliphatic rings. The van der Waals surface area contributed by atoms with E-state index in [9.17, 15) is 18.0 Å². The Labute approximate surface area is 116 Å². The van der Waals surface area contributed by atoms with Crippen molar-refractivity contribution in [1.29, 1.82) is 0 Å². The van der Waals surface area contributed by atoms with Crippen LogP contribution < -0.4 is 16.0 Å². The molecule has 2 atom stereocenters. The maximum Gasteiger partial charge on any atom is 0.403 e. The van der Waals surface area contributed by atoms with E-state index < -0.39 is 12.2 Å². The summed E-state index contributed by atoms with van der Waals surface area (Å²) in [6.07, 6.45) is -2.31. The van der Waals surface area contributed by atoms with Crippen LogP contribution >= 0.6 is 0 Å². The highest BCUT2D eigenvalue weighted by Gasteiger charge is 2.41. The van der Waals surface area contributed by atoms with Crippen molar-refractivity contribution >= 4 is 6.03 Å². The van der Waals surface area contributed by atoms with E-state index in [0.717, 1.165) is 0 Å². The minimum Gasteiger partial charge on any atom is -0.383 e. The largest absolute Gasteiger partial charge is 0.403 e. The van der Waals surface area contributed by atoms with Crippen molar-refractivity contribution in [2.75, 3.05) is 26.8 Å². The Balaban J connectivity index is 2.17. The number of hydrogen-bond acceptors (Lipinski definition) is 3. The van der Waals surface area contributed by atoms with Gasteiger partial charge in [0.2, 0.25) is 0 Å². The molecule has 1 fully saturated rings. The van der Waals surface area contributed by atoms with Crippen LogP contribution in [0.1, 0.15) is 25.7 Å². The monoisotopic (exact) mass is 297 g/mol. The van der Waals surface area contributed by atoms with Gasteiger partial charge in [-0.3, -0.25) is 0 Å². The van der Waals surface area contributed by atoms with Gasteiger partial charge in [-0.2, -0.15) is 13.2 Å². The molecule has 0 saturated carbocycles. The van der Waals surface area contributed by atoms with Crippen molar-refractivity contribution in [1.82, 2.24) is 16.0 Å². The second-order valence-corrected chi connectivity index (χ2v) is 4.85. The third kappa shape index (κ3) is 6.42. The molecule has 1 rings (SSSR count). The normalized spacial score (nSPS) is 23.4. The summed E-state index contributed by atoms with van der Waals surface area (Å²) in [5.41, 5.74) is 0. The molecule has 0 aromatic carbocycles. The van der Waals surface area contributed by atoms with Gasteiger partial charge in [-0.15, -0.1) is 0 Å². The van der Waals surface area contributed by atoms with Crippen LogP contribution in [0.3, 0.4) is 0 Å². The van der Waals surface area contributed by atoms with Gasteiger partial charge in [0.15, 0.2) is 0 Å². The van der Waals surface area contributed by atoms with Gasteiger partial charge in [-0.25, -0.2) is 4.79 Å². The number of urea groups is 1. The second kappa shape index (κ2) is 8.31. The number of piperidine rings is 1. The maximum atomic E-state index is 12.6. The van der Waals surface area contributed by atoms with Crippen molar-refractivity contribution in [2.24, 2.45) is 0 Å². The molecule has 118 valence electrons. The number of ether oxygens (including phenoxy) is 1. The van der Waals surface area contributed by atoms with E-state index in [0.29, 0.717) is 39.0 Å². The molecule has 0 bridgehead atoms. The van der Waals surface area contributed by atoms with E-state index in [4.69, 9.17) is 4.74 Å². The van der Waals surface area contributed by atoms with Gasteiger partial charge in [0, 0.05) is 26.2 Å². The minimum atomic E-state index is -4.19. The summed E-state index contributed by atoms with van der Waals surface area (Å²) in [5, 5.41) is 7.80. The molecule has 0 aromatic heterocycles. The van der Waals surface area contributed by atoms with Gasteiger partial charge in [-0.1, -0.05) is 6.42 Å². The quantitative estimate of drug-likeness (QED) is 0.649. The van der Waals surface area contributed by atoms with Gasteiger partial charge >= 0.3 is 12.2 Å². The number of rotatable bonds is 6. The molecule has 0 radical (unpaired) electrons. The van der Waals surface area contributed by atoms with Crippen molar-refractivity contribution in [3.63, 3.8) is 0 Å². The van der Waals surface area contributed by atoms with E-state index in [-0.39, 0.29) is 18.5 Å². The van der Waals surface area contributed by atoms with Gasteiger partial charge in [-0.05, 0) is 19.3 Å². The number of alkyl halides is 3. The lowest BCUT2D eigenvalue weighted by Crippen LogP contribution is -2.51. The first-order valence-corrected chi connectivity index (χ1v) is 6.77. The topological polar surface area (TPSA) is 62.4 Å². The molecule has 1 heterocycles. The smallest absolute Gasteiger partial charge is 0.383 e. The number of halogens is 3. The molecular formula is C12H22F3N3O2. The molecule has 0 spiro atoms. The summed E-state index contributed by atoms with van der Waals surface area (Å²) >= 11 is 0. The van der Waals surface area contributed by atoms with Crippen LogP contribution in [0.15, 0.2) is 0 Å². The molecule has 1 saturated heterocycles. The zero-order chi connectivity index (χ0) is 15.0. The SMILES string of the molecule is COCCNC(=O)NCCC1CCCC(C(F)(F)F)N1. The third-order valence-corrected chi connectivity index (χ3v) is 3.25. The van der Waals surface area contributed by atoms with Gasteiger partial charge in [0.05, 0.1) is 6.61 Å². The lowest BCUT2D eigenvalue weighted by atomic mass is 9.96. The zero-order valence-corrected chi connectivity index (χ0v) is 11.6. The van der Waals surface area contributed by atoms with E-state index in [1.165, 1.54) is 7.11 Å². The van der Waals surface area contributed by atoms with E-state index in [2.05, 4.69) is 16.0 Å². The lowest BCUT2D eigenvalue weighted by molar-refractivity contribution is -0.163. The number of carbonyl (C=O) groups excluding carboxylic acids is 1. The van der Waals surface area contributed by atoms with Crippen LogP contribution in [0.5, 0.6) is 0 Å². The van der Waals surface area contributed by atoms with Crippen LogP contribution in [0.4, 0.5) is 18.0 Å². The third-order valence-electron chi connectivity index (χ3n) is 3.25. The Morgan fingerprint density at radius 1 is 1.30 bits per heavy atom. The summed E-state index contributed by atoms with van der Waals surface area (Å²) in [6.45, 7) is 1.17. The second-order valence-electron chi connectivity index (χ2n) is 4.85. The molecule has 0 aliphatic carbocycles. The first-order chi connectivity index (χ1) is 9.43. The first kappa shape index (κ1) is 17.0. The van der Waals surface area contributed by atoms with Crippen LogP contribution in [-0.4, -0.2) is 51.1 Å². The molecule has 3 N–H and O–H groups in total. The molecule has 5 nitrogen and oxygen atoms in total. The predicted octanol–water partition coefficient (Wildman–Crippen LogP) is 1.40. The van der Waals surface area contributed by atoms with Crippen LogP contribution in [0, 0.1) is 0 Å². The number of carbonyl (C=O) groups is 1. The Morgan fingerprint density at radius 2 is 2.00 bits per heavy atom. The lowest BCUT2D eigenvalue weighted by Gasteiger charge is -2.32. The van der Waals surface area contributed by atoms with Crippen LogP contribution in [-0.2, 0) is 4.74 Å². The number of amides is 2. The molecule has 8 heteroatoms. The first-order valence-electron chi connectivity index (χ1n) is 6.77. The van der Waals surface area contributed by atoms with Crippen LogP contribution in [0.25, 0.3) is 0 Å². The minimum absolute atomic E-state index is 0.130. The average molecular weight is 297 g/mol. The fraction of sp³-hybridized carbons (Fsp3) is 0.917. The Hall–Kier alpha value is -1.02. The van der Waals surface area contributed by atoms with Crippen molar-refractivity contribution < 1.29 is 22.7 Å². The van der Waals surface area contributed by atoms with E-state index >= 15 is 0 Å². The summed E-state index contributed by atoms with van der Waals surface area (Å²) in [5.74, 6) is 0. The van der Waals surface area contributed by atoms with Gasteiger partial charge in [0.25, 0.3) is 0 Å². The Bertz CT molecular complexity index is 300. The van der Waals surface area contributed by atoms with Gasteiger partial charge < -0.3 is 20.7 Å². The highest BCUT2D eigenvalue weighted by molar-refractivity contribution is 5.73. The van der Waals surface area contributed by atoms with E-state index in [1.54, 1.807) is 0 Å². The average Bonchev–Trinajstić information content (AvgIpc) is 2.38. The summed E-state index contributed by atoms with van der Waals surface area (Å²) in [4.78, 5) is 11.3. The molecule has 2 amide bonds.